The predicted molar refractivity (Wildman–Crippen MR) is 536 cm³/mol. The number of nitrogens with zero attached hydrogens (tertiary/aromatic N) is 6. The van der Waals surface area contributed by atoms with E-state index in [-0.39, 0.29) is 17.5 Å². The standard InChI is InChI=1S/C119H91BN6/c1-75(2)81-51-58-108-98(65-81)99-67-85(118(3,4)5)52-59-109(99)123(108)89-53-57-103-113(72-89)126(117-96(79-38-20-12-21-39-79)68-86(119(6,7)8)69-97(117)80-40-22-13-23-41-80)115-74-91(73-114-116(115)120(103)102-56-50-82(76-32-14-9-15-33-76)66-112(102)125(114)90-63-83(77-34-16-10-17-35-77)62-84(64-90)78-36-18-11-19-37-78)124-110-60-54-87(121-104-46-28-24-42-92(104)93-43-25-29-47-105(93)121)70-100(110)101-71-88(55-61-111(101)124)122-106-48-30-26-44-94(106)95-45-27-31-49-107(95)122/h9-75H,1-8H3. The van der Waals surface area contributed by atoms with Crippen molar-refractivity contribution in [2.75, 3.05) is 9.80 Å². The van der Waals surface area contributed by atoms with Crippen LogP contribution in [0.15, 0.2) is 400 Å². The second-order valence-corrected chi connectivity index (χ2v) is 37.0. The number of rotatable bonds is 12. The van der Waals surface area contributed by atoms with Crippen LogP contribution in [0.3, 0.4) is 0 Å². The summed E-state index contributed by atoms with van der Waals surface area (Å²) in [5.74, 6) is 0.333. The van der Waals surface area contributed by atoms with Gasteiger partial charge in [0.05, 0.1) is 55.5 Å². The Morgan fingerprint density at radius 1 is 0.222 bits per heavy atom. The maximum absolute atomic E-state index is 2.75. The lowest BCUT2D eigenvalue weighted by atomic mass is 9.33. The van der Waals surface area contributed by atoms with Crippen LogP contribution in [0.1, 0.15) is 78.0 Å². The van der Waals surface area contributed by atoms with Crippen LogP contribution in [0.5, 0.6) is 0 Å². The van der Waals surface area contributed by atoms with Gasteiger partial charge >= 0.3 is 0 Å². The van der Waals surface area contributed by atoms with Crippen LogP contribution in [0.25, 0.3) is 166 Å². The van der Waals surface area contributed by atoms with Crippen LogP contribution in [-0.2, 0) is 10.8 Å². The van der Waals surface area contributed by atoms with Gasteiger partial charge in [0.25, 0.3) is 6.71 Å². The van der Waals surface area contributed by atoms with E-state index in [0.717, 1.165) is 156 Å². The van der Waals surface area contributed by atoms with Gasteiger partial charge in [-0.15, -0.1) is 0 Å². The summed E-state index contributed by atoms with van der Waals surface area (Å²) in [5.41, 5.74) is 38.5. The Morgan fingerprint density at radius 3 is 1.03 bits per heavy atom. The van der Waals surface area contributed by atoms with Gasteiger partial charge in [-0.2, -0.15) is 0 Å². The van der Waals surface area contributed by atoms with Gasteiger partial charge in [-0.3, -0.25) is 0 Å². The Hall–Kier alpha value is -15.2. The molecule has 0 spiro atoms. The molecule has 7 heteroatoms. The molecule has 0 N–H and O–H groups in total. The van der Waals surface area contributed by atoms with E-state index in [4.69, 9.17) is 0 Å². The lowest BCUT2D eigenvalue weighted by Gasteiger charge is -2.45. The van der Waals surface area contributed by atoms with Crippen molar-refractivity contribution in [2.24, 2.45) is 0 Å². The van der Waals surface area contributed by atoms with Crippen LogP contribution in [0.2, 0.25) is 0 Å². The quantitative estimate of drug-likeness (QED) is 0.114. The van der Waals surface area contributed by atoms with Crippen molar-refractivity contribution < 1.29 is 0 Å². The summed E-state index contributed by atoms with van der Waals surface area (Å²) in [6, 6.07) is 153. The number of aromatic nitrogens is 4. The molecule has 126 heavy (non-hydrogen) atoms. The first-order valence-electron chi connectivity index (χ1n) is 44.4. The zero-order chi connectivity index (χ0) is 84.5. The van der Waals surface area contributed by atoms with Crippen LogP contribution in [0, 0.1) is 0 Å². The summed E-state index contributed by atoms with van der Waals surface area (Å²) >= 11 is 0. The predicted octanol–water partition coefficient (Wildman–Crippen LogP) is 30.2. The van der Waals surface area contributed by atoms with E-state index >= 15 is 0 Å². The van der Waals surface area contributed by atoms with Crippen molar-refractivity contribution in [3.8, 4) is 78.4 Å². The van der Waals surface area contributed by atoms with Gasteiger partial charge in [0.15, 0.2) is 0 Å². The SMILES string of the molecule is CC(C)c1ccc2c(c1)c1cc(C(C)(C)C)ccc1n2-c1ccc2c(c1)N(c1c(-c3ccccc3)cc(C(C)(C)C)cc1-c1ccccc1)c1cc(-n3c4ccc(-n5c6ccccc6c6ccccc65)cc4c4cc(-n5c6ccccc6c6ccccc65)ccc43)cc3c1B2c1ccc(-c2ccccc2)cc1N3c1cc(-c2ccccc2)cc(-c2ccccc2)c1. The first-order valence-corrected chi connectivity index (χ1v) is 44.4. The van der Waals surface area contributed by atoms with Gasteiger partial charge in [0, 0.05) is 99.7 Å². The van der Waals surface area contributed by atoms with Crippen molar-refractivity contribution in [3.05, 3.63) is 417 Å². The summed E-state index contributed by atoms with van der Waals surface area (Å²) in [6.07, 6.45) is 0. The van der Waals surface area contributed by atoms with E-state index in [2.05, 4.69) is 484 Å². The topological polar surface area (TPSA) is 26.2 Å². The number of para-hydroxylation sites is 4. The molecule has 0 atom stereocenters. The van der Waals surface area contributed by atoms with Gasteiger partial charge < -0.3 is 28.1 Å². The van der Waals surface area contributed by atoms with Crippen molar-refractivity contribution in [3.63, 3.8) is 0 Å². The second-order valence-electron chi connectivity index (χ2n) is 37.0. The number of hydrogen-bond donors (Lipinski definition) is 0. The molecule has 18 aromatic carbocycles. The van der Waals surface area contributed by atoms with Gasteiger partial charge in [-0.25, -0.2) is 0 Å². The minimum Gasteiger partial charge on any atom is -0.311 e. The molecule has 24 rings (SSSR count). The third-order valence-corrected chi connectivity index (χ3v) is 27.2. The highest BCUT2D eigenvalue weighted by molar-refractivity contribution is 7.00. The highest BCUT2D eigenvalue weighted by atomic mass is 15.2. The van der Waals surface area contributed by atoms with E-state index in [9.17, 15) is 0 Å². The van der Waals surface area contributed by atoms with Crippen LogP contribution >= 0.6 is 0 Å². The second kappa shape index (κ2) is 28.7. The van der Waals surface area contributed by atoms with Crippen molar-refractivity contribution in [1.82, 2.24) is 18.3 Å². The Labute approximate surface area is 735 Å². The Balaban J connectivity index is 0.880. The number of anilines is 6. The molecule has 2 aliphatic heterocycles. The molecular formula is C119H91BN6. The van der Waals surface area contributed by atoms with Crippen molar-refractivity contribution >= 4 is 144 Å². The highest BCUT2D eigenvalue weighted by Gasteiger charge is 2.46. The molecule has 600 valence electrons. The first-order chi connectivity index (χ1) is 61.6. The van der Waals surface area contributed by atoms with Gasteiger partial charge in [-0.1, -0.05) is 310 Å². The minimum atomic E-state index is -0.303. The Kier molecular flexibility index (Phi) is 17.0. The zero-order valence-corrected chi connectivity index (χ0v) is 71.9. The number of hydrogen-bond acceptors (Lipinski definition) is 2. The van der Waals surface area contributed by atoms with E-state index < -0.39 is 0 Å². The molecule has 6 nitrogen and oxygen atoms in total. The van der Waals surface area contributed by atoms with Gasteiger partial charge in [-0.05, 0) is 240 Å². The van der Waals surface area contributed by atoms with Crippen LogP contribution in [0.4, 0.5) is 34.1 Å². The maximum Gasteiger partial charge on any atom is 0.252 e. The summed E-state index contributed by atoms with van der Waals surface area (Å²) in [7, 11) is 0. The molecular weight excluding hydrogens is 1520 g/mol. The summed E-state index contributed by atoms with van der Waals surface area (Å²) in [4.78, 5) is 5.42. The minimum absolute atomic E-state index is 0.0835. The van der Waals surface area contributed by atoms with Gasteiger partial charge in [0.1, 0.15) is 0 Å². The summed E-state index contributed by atoms with van der Waals surface area (Å²) in [6.45, 7) is 18.5. The Morgan fingerprint density at radius 2 is 0.571 bits per heavy atom. The average Bonchev–Trinajstić information content (AvgIpc) is 1.35. The molecule has 0 bridgehead atoms. The summed E-state index contributed by atoms with van der Waals surface area (Å²) in [5, 5.41) is 9.67. The highest BCUT2D eigenvalue weighted by Crippen LogP contribution is 2.55. The third-order valence-electron chi connectivity index (χ3n) is 27.2. The monoisotopic (exact) mass is 1610 g/mol. The largest absolute Gasteiger partial charge is 0.311 e. The van der Waals surface area contributed by atoms with Crippen molar-refractivity contribution in [1.29, 1.82) is 0 Å². The first kappa shape index (κ1) is 74.6. The maximum atomic E-state index is 2.75. The number of benzene rings is 18. The fourth-order valence-electron chi connectivity index (χ4n) is 21.0. The molecule has 0 saturated carbocycles. The normalized spacial score (nSPS) is 12.8. The van der Waals surface area contributed by atoms with E-state index in [1.807, 2.05) is 0 Å². The number of fused-ring (bicyclic) bond motifs is 16. The molecule has 0 aliphatic carbocycles. The van der Waals surface area contributed by atoms with E-state index in [0.29, 0.717) is 5.92 Å². The molecule has 4 aromatic heterocycles. The molecule has 0 fully saturated rings. The van der Waals surface area contributed by atoms with Crippen LogP contribution in [-0.4, -0.2) is 25.0 Å². The molecule has 0 radical (unpaired) electrons. The molecule has 6 heterocycles. The molecule has 22 aromatic rings. The molecule has 2 aliphatic rings. The molecule has 0 saturated heterocycles. The third kappa shape index (κ3) is 11.8. The zero-order valence-electron chi connectivity index (χ0n) is 71.9. The fraction of sp³-hybridized carbons (Fsp3) is 0.0924. The molecule has 0 unspecified atom stereocenters. The van der Waals surface area contributed by atoms with E-state index in [1.54, 1.807) is 0 Å². The lowest BCUT2D eigenvalue weighted by molar-refractivity contribution is 0.590. The smallest absolute Gasteiger partial charge is 0.252 e. The molecule has 0 amide bonds. The summed E-state index contributed by atoms with van der Waals surface area (Å²) < 4.78 is 10.1. The van der Waals surface area contributed by atoms with Crippen LogP contribution < -0.4 is 26.2 Å². The van der Waals surface area contributed by atoms with Gasteiger partial charge in [0.2, 0.25) is 0 Å². The average molecular weight is 1620 g/mol. The Bertz CT molecular complexity index is 7800. The fourth-order valence-corrected chi connectivity index (χ4v) is 21.0. The van der Waals surface area contributed by atoms with Crippen molar-refractivity contribution in [2.45, 2.75) is 72.1 Å². The van der Waals surface area contributed by atoms with E-state index in [1.165, 1.54) is 76.4 Å². The lowest BCUT2D eigenvalue weighted by Crippen LogP contribution is -2.61.